The van der Waals surface area contributed by atoms with Gasteiger partial charge in [0.05, 0.1) is 23.8 Å². The molecule has 5 rings (SSSR count). The van der Waals surface area contributed by atoms with Gasteiger partial charge in [-0.1, -0.05) is 6.07 Å². The van der Waals surface area contributed by atoms with Gasteiger partial charge in [0, 0.05) is 5.41 Å². The zero-order valence-electron chi connectivity index (χ0n) is 15.0. The van der Waals surface area contributed by atoms with Gasteiger partial charge in [0.25, 0.3) is 5.82 Å². The van der Waals surface area contributed by atoms with Gasteiger partial charge in [0.15, 0.2) is 5.82 Å². The van der Waals surface area contributed by atoms with E-state index in [1.165, 1.54) is 23.5 Å². The standard InChI is InChI=1S/C20H18FN3O3S/c21-13-3-5-14(6-4-13)24-18(16-2-1-9-28-16)22-17(23-24)19(25)27-15-7-8-20(10-15)11-26-12-20/h1-6,9,15H,7-8,10-12H2. The molecule has 1 aromatic carbocycles. The number of carbonyl (C=O) groups is 1. The number of halogens is 1. The van der Waals surface area contributed by atoms with Crippen LogP contribution in [0.15, 0.2) is 41.8 Å². The Kier molecular flexibility index (Phi) is 4.25. The van der Waals surface area contributed by atoms with Crippen molar-refractivity contribution in [2.45, 2.75) is 25.4 Å². The maximum absolute atomic E-state index is 13.3. The van der Waals surface area contributed by atoms with Gasteiger partial charge >= 0.3 is 5.97 Å². The molecule has 0 N–H and O–H groups in total. The molecule has 1 aliphatic carbocycles. The van der Waals surface area contributed by atoms with Crippen molar-refractivity contribution in [1.82, 2.24) is 14.8 Å². The second-order valence-electron chi connectivity index (χ2n) is 7.39. The van der Waals surface area contributed by atoms with Crippen LogP contribution < -0.4 is 0 Å². The fourth-order valence-electron chi connectivity index (χ4n) is 3.84. The minimum absolute atomic E-state index is 0.0125. The summed E-state index contributed by atoms with van der Waals surface area (Å²) in [5.74, 6) is -0.320. The molecule has 0 bridgehead atoms. The Morgan fingerprint density at radius 1 is 1.29 bits per heavy atom. The molecule has 2 fully saturated rings. The van der Waals surface area contributed by atoms with Crippen molar-refractivity contribution in [2.75, 3.05) is 13.2 Å². The second-order valence-corrected chi connectivity index (χ2v) is 8.34. The number of hydrogen-bond donors (Lipinski definition) is 0. The van der Waals surface area contributed by atoms with Crippen LogP contribution in [0.25, 0.3) is 16.4 Å². The average molecular weight is 399 g/mol. The van der Waals surface area contributed by atoms with Gasteiger partial charge in [0.1, 0.15) is 11.9 Å². The highest BCUT2D eigenvalue weighted by Gasteiger charge is 2.46. The third-order valence-corrected chi connectivity index (χ3v) is 6.22. The van der Waals surface area contributed by atoms with Crippen LogP contribution in [0.5, 0.6) is 0 Å². The fraction of sp³-hybridized carbons (Fsp3) is 0.350. The maximum Gasteiger partial charge on any atom is 0.378 e. The summed E-state index contributed by atoms with van der Waals surface area (Å²) in [6.45, 7) is 1.50. The molecule has 8 heteroatoms. The third kappa shape index (κ3) is 3.12. The number of rotatable bonds is 4. The highest BCUT2D eigenvalue weighted by atomic mass is 32.1. The lowest BCUT2D eigenvalue weighted by Crippen LogP contribution is -2.40. The normalized spacial score (nSPS) is 20.2. The van der Waals surface area contributed by atoms with E-state index in [1.807, 2.05) is 17.5 Å². The zero-order chi connectivity index (χ0) is 19.1. The molecule has 1 aliphatic heterocycles. The number of hydrogen-bond acceptors (Lipinski definition) is 6. The third-order valence-electron chi connectivity index (χ3n) is 5.35. The minimum atomic E-state index is -0.527. The smallest absolute Gasteiger partial charge is 0.378 e. The molecular formula is C20H18FN3O3S. The predicted molar refractivity (Wildman–Crippen MR) is 101 cm³/mol. The molecule has 3 heterocycles. The van der Waals surface area contributed by atoms with Crippen LogP contribution in [0, 0.1) is 11.2 Å². The lowest BCUT2D eigenvalue weighted by Gasteiger charge is -2.37. The van der Waals surface area contributed by atoms with E-state index in [0.29, 0.717) is 11.5 Å². The molecule has 1 atom stereocenters. The first kappa shape index (κ1) is 17.5. The van der Waals surface area contributed by atoms with Crippen LogP contribution in [-0.4, -0.2) is 40.1 Å². The van der Waals surface area contributed by atoms with Gasteiger partial charge in [-0.05, 0) is 55.0 Å². The van der Waals surface area contributed by atoms with E-state index in [4.69, 9.17) is 9.47 Å². The van der Waals surface area contributed by atoms with Gasteiger partial charge in [0.2, 0.25) is 0 Å². The van der Waals surface area contributed by atoms with Crippen molar-refractivity contribution in [1.29, 1.82) is 0 Å². The summed E-state index contributed by atoms with van der Waals surface area (Å²) in [5, 5.41) is 6.30. The molecule has 2 aliphatic rings. The summed E-state index contributed by atoms with van der Waals surface area (Å²) >= 11 is 1.49. The van der Waals surface area contributed by atoms with E-state index in [2.05, 4.69) is 10.1 Å². The summed E-state index contributed by atoms with van der Waals surface area (Å²) < 4.78 is 25.9. The number of benzene rings is 1. The van der Waals surface area contributed by atoms with Gasteiger partial charge in [-0.25, -0.2) is 13.9 Å². The van der Waals surface area contributed by atoms with E-state index >= 15 is 0 Å². The van der Waals surface area contributed by atoms with Crippen LogP contribution >= 0.6 is 11.3 Å². The Hall–Kier alpha value is -2.58. The van der Waals surface area contributed by atoms with E-state index in [1.54, 1.807) is 16.8 Å². The number of aromatic nitrogens is 3. The number of ether oxygens (including phenoxy) is 2. The van der Waals surface area contributed by atoms with E-state index in [-0.39, 0.29) is 23.2 Å². The van der Waals surface area contributed by atoms with Crippen LogP contribution in [0.3, 0.4) is 0 Å². The molecule has 1 unspecified atom stereocenters. The molecule has 1 saturated heterocycles. The van der Waals surface area contributed by atoms with E-state index in [9.17, 15) is 9.18 Å². The Labute approximate surface area is 164 Å². The molecule has 1 spiro atoms. The van der Waals surface area contributed by atoms with E-state index in [0.717, 1.165) is 37.4 Å². The molecule has 3 aromatic rings. The number of nitrogens with zero attached hydrogens (tertiary/aromatic N) is 3. The van der Waals surface area contributed by atoms with Crippen LogP contribution in [0.1, 0.15) is 29.9 Å². The van der Waals surface area contributed by atoms with Crippen molar-refractivity contribution in [3.05, 3.63) is 53.4 Å². The lowest BCUT2D eigenvalue weighted by molar-refractivity contribution is -0.113. The summed E-state index contributed by atoms with van der Waals surface area (Å²) in [5.41, 5.74) is 0.816. The van der Waals surface area contributed by atoms with Crippen molar-refractivity contribution >= 4 is 17.3 Å². The molecule has 0 amide bonds. The topological polar surface area (TPSA) is 66.2 Å². The maximum atomic E-state index is 13.3. The number of esters is 1. The molecule has 1 saturated carbocycles. The monoisotopic (exact) mass is 399 g/mol. The van der Waals surface area contributed by atoms with Gasteiger partial charge in [-0.3, -0.25) is 0 Å². The Morgan fingerprint density at radius 2 is 2.11 bits per heavy atom. The highest BCUT2D eigenvalue weighted by Crippen LogP contribution is 2.45. The molecule has 144 valence electrons. The van der Waals surface area contributed by atoms with E-state index < -0.39 is 5.97 Å². The van der Waals surface area contributed by atoms with Crippen LogP contribution in [0.4, 0.5) is 4.39 Å². The largest absolute Gasteiger partial charge is 0.456 e. The lowest BCUT2D eigenvalue weighted by atomic mass is 9.84. The van der Waals surface area contributed by atoms with Crippen LogP contribution in [-0.2, 0) is 9.47 Å². The Bertz CT molecular complexity index is 996. The first-order valence-electron chi connectivity index (χ1n) is 9.18. The van der Waals surface area contributed by atoms with Crippen LogP contribution in [0.2, 0.25) is 0 Å². The number of thiophene rings is 1. The Balaban J connectivity index is 1.42. The van der Waals surface area contributed by atoms with Crippen molar-refractivity contribution in [3.8, 4) is 16.4 Å². The summed E-state index contributed by atoms with van der Waals surface area (Å²) in [6, 6.07) is 9.72. The fourth-order valence-corrected chi connectivity index (χ4v) is 4.54. The summed E-state index contributed by atoms with van der Waals surface area (Å²) in [4.78, 5) is 18.0. The van der Waals surface area contributed by atoms with Crippen molar-refractivity contribution in [2.24, 2.45) is 5.41 Å². The average Bonchev–Trinajstić information content (AvgIpc) is 3.40. The molecule has 2 aromatic heterocycles. The highest BCUT2D eigenvalue weighted by molar-refractivity contribution is 7.13. The minimum Gasteiger partial charge on any atom is -0.456 e. The first-order chi connectivity index (χ1) is 13.6. The summed E-state index contributed by atoms with van der Waals surface area (Å²) in [7, 11) is 0. The van der Waals surface area contributed by atoms with Crippen molar-refractivity contribution in [3.63, 3.8) is 0 Å². The molecule has 0 radical (unpaired) electrons. The van der Waals surface area contributed by atoms with Gasteiger partial charge in [-0.15, -0.1) is 16.4 Å². The second kappa shape index (κ2) is 6.79. The molecular weight excluding hydrogens is 381 g/mol. The summed E-state index contributed by atoms with van der Waals surface area (Å²) in [6.07, 6.45) is 2.56. The number of carbonyl (C=O) groups excluding carboxylic acids is 1. The van der Waals surface area contributed by atoms with Gasteiger partial charge < -0.3 is 9.47 Å². The predicted octanol–water partition coefficient (Wildman–Crippen LogP) is 3.86. The zero-order valence-corrected chi connectivity index (χ0v) is 15.8. The van der Waals surface area contributed by atoms with Crippen molar-refractivity contribution < 1.29 is 18.7 Å². The first-order valence-corrected chi connectivity index (χ1v) is 10.1. The molecule has 28 heavy (non-hydrogen) atoms. The quantitative estimate of drug-likeness (QED) is 0.623. The van der Waals surface area contributed by atoms with Gasteiger partial charge in [-0.2, -0.15) is 4.98 Å². The molecule has 6 nitrogen and oxygen atoms in total. The Morgan fingerprint density at radius 3 is 2.75 bits per heavy atom. The SMILES string of the molecule is O=C(OC1CCC2(COC2)C1)c1nc(-c2cccs2)n(-c2ccc(F)cc2)n1.